The van der Waals surface area contributed by atoms with E-state index in [-0.39, 0.29) is 6.15 Å². The van der Waals surface area contributed by atoms with Crippen LogP contribution in [0.15, 0.2) is 42.5 Å². The number of aromatic nitrogens is 2. The summed E-state index contributed by atoms with van der Waals surface area (Å²) in [4.78, 5) is 14.6. The van der Waals surface area contributed by atoms with Crippen LogP contribution >= 0.6 is 0 Å². The first-order valence-electron chi connectivity index (χ1n) is 13.4. The number of methoxy groups -OCH3 is 1. The van der Waals surface area contributed by atoms with Gasteiger partial charge in [0, 0.05) is 55.8 Å². The topological polar surface area (TPSA) is 101 Å². The van der Waals surface area contributed by atoms with Gasteiger partial charge in [-0.2, -0.15) is 0 Å². The van der Waals surface area contributed by atoms with Gasteiger partial charge in [0.25, 0.3) is 0 Å². The molecule has 2 saturated heterocycles. The minimum Gasteiger partial charge on any atom is -0.496 e. The summed E-state index contributed by atoms with van der Waals surface area (Å²) in [6, 6.07) is 15.4. The van der Waals surface area contributed by atoms with Crippen molar-refractivity contribution in [2.45, 2.75) is 50.6 Å². The Kier molecular flexibility index (Phi) is 9.18. The van der Waals surface area contributed by atoms with Crippen molar-refractivity contribution in [2.75, 3.05) is 57.6 Å². The van der Waals surface area contributed by atoms with Crippen LogP contribution in [0, 0.1) is 0 Å². The van der Waals surface area contributed by atoms with Crippen LogP contribution in [-0.2, 0) is 6.54 Å². The van der Waals surface area contributed by atoms with Gasteiger partial charge in [-0.15, -0.1) is 0 Å². The van der Waals surface area contributed by atoms with Gasteiger partial charge < -0.3 is 26.4 Å². The molecule has 3 aromatic rings. The fraction of sp³-hybridized carbons (Fsp3) is 0.517. The molecule has 1 atom stereocenters. The molecule has 2 aliphatic rings. The maximum Gasteiger partial charge on any atom is 0.223 e. The molecule has 1 aromatic heterocycles. The average molecular weight is 506 g/mol. The Morgan fingerprint density at radius 2 is 1.86 bits per heavy atom. The summed E-state index contributed by atoms with van der Waals surface area (Å²) < 4.78 is 5.71. The molecule has 200 valence electrons. The third kappa shape index (κ3) is 6.32. The molecule has 2 aliphatic heterocycles. The number of nitrogens with one attached hydrogen (secondary N) is 2. The largest absolute Gasteiger partial charge is 0.496 e. The highest BCUT2D eigenvalue weighted by Crippen LogP contribution is 2.35. The van der Waals surface area contributed by atoms with E-state index >= 15 is 0 Å². The maximum atomic E-state index is 5.71. The van der Waals surface area contributed by atoms with Gasteiger partial charge in [-0.3, -0.25) is 4.90 Å². The van der Waals surface area contributed by atoms with E-state index in [0.717, 1.165) is 69.2 Å². The number of hydrogen-bond donors (Lipinski definition) is 3. The van der Waals surface area contributed by atoms with Gasteiger partial charge in [0.15, 0.2) is 0 Å². The summed E-state index contributed by atoms with van der Waals surface area (Å²) in [6.07, 6.45) is 5.86. The van der Waals surface area contributed by atoms with Crippen LogP contribution in [-0.4, -0.2) is 68.3 Å². The summed E-state index contributed by atoms with van der Waals surface area (Å²) in [5.41, 5.74) is 4.73. The highest BCUT2D eigenvalue weighted by Gasteiger charge is 2.26. The number of nitrogens with zero attached hydrogens (tertiary/aromatic N) is 4. The third-order valence-corrected chi connectivity index (χ3v) is 7.74. The fourth-order valence-electron chi connectivity index (χ4n) is 5.76. The maximum absolute atomic E-state index is 5.71. The molecule has 37 heavy (non-hydrogen) atoms. The molecule has 0 saturated carbocycles. The van der Waals surface area contributed by atoms with Crippen LogP contribution < -0.4 is 26.4 Å². The number of ether oxygens (including phenoxy) is 1. The Hall–Kier alpha value is -2.94. The Bertz CT molecular complexity index is 1150. The van der Waals surface area contributed by atoms with Gasteiger partial charge in [0.1, 0.15) is 5.75 Å². The number of hydrogen-bond acceptors (Lipinski definition) is 8. The zero-order valence-electron chi connectivity index (χ0n) is 22.7. The number of likely N-dealkylation sites (tertiary alicyclic amines) is 1. The lowest BCUT2D eigenvalue weighted by Crippen LogP contribution is -2.33. The minimum absolute atomic E-state index is 0. The number of para-hydroxylation sites is 1. The van der Waals surface area contributed by atoms with Crippen molar-refractivity contribution in [3.63, 3.8) is 0 Å². The lowest BCUT2D eigenvalue weighted by molar-refractivity contribution is 0.202. The first-order valence-corrected chi connectivity index (χ1v) is 13.4. The van der Waals surface area contributed by atoms with Gasteiger partial charge in [-0.25, -0.2) is 9.97 Å². The summed E-state index contributed by atoms with van der Waals surface area (Å²) in [5, 5.41) is 8.29. The molecule has 0 amide bonds. The van der Waals surface area contributed by atoms with Crippen molar-refractivity contribution < 1.29 is 4.74 Å². The molecule has 0 radical (unpaired) electrons. The summed E-state index contributed by atoms with van der Waals surface area (Å²) in [6.45, 7) is 5.04. The second-order valence-electron chi connectivity index (χ2n) is 10.4. The second kappa shape index (κ2) is 12.5. The highest BCUT2D eigenvalue weighted by atomic mass is 16.5. The Morgan fingerprint density at radius 1 is 1.05 bits per heavy atom. The highest BCUT2D eigenvalue weighted by molar-refractivity contribution is 5.82. The number of fused-ring (bicyclic) bond motifs is 1. The van der Waals surface area contributed by atoms with Crippen molar-refractivity contribution in [1.82, 2.24) is 26.3 Å². The van der Waals surface area contributed by atoms with Gasteiger partial charge in [0.05, 0.1) is 18.3 Å². The number of benzene rings is 2. The molecule has 0 spiro atoms. The molecule has 0 aliphatic carbocycles. The molecular formula is C29H43N7O. The Balaban J connectivity index is 0.00000320. The van der Waals surface area contributed by atoms with Gasteiger partial charge in [0.2, 0.25) is 5.95 Å². The molecule has 2 aromatic carbocycles. The number of anilines is 2. The predicted molar refractivity (Wildman–Crippen MR) is 153 cm³/mol. The Morgan fingerprint density at radius 3 is 2.59 bits per heavy atom. The van der Waals surface area contributed by atoms with E-state index in [1.165, 1.54) is 35.2 Å². The van der Waals surface area contributed by atoms with Crippen molar-refractivity contribution in [3.05, 3.63) is 53.7 Å². The molecule has 2 fully saturated rings. The lowest BCUT2D eigenvalue weighted by atomic mass is 9.90. The zero-order chi connectivity index (χ0) is 24.9. The van der Waals surface area contributed by atoms with Gasteiger partial charge >= 0.3 is 0 Å². The minimum atomic E-state index is 0. The molecule has 3 heterocycles. The van der Waals surface area contributed by atoms with Crippen LogP contribution in [0.1, 0.15) is 49.3 Å². The quantitative estimate of drug-likeness (QED) is 0.381. The zero-order valence-corrected chi connectivity index (χ0v) is 22.7. The molecule has 5 rings (SSSR count). The summed E-state index contributed by atoms with van der Waals surface area (Å²) >= 11 is 0. The molecule has 8 heteroatoms. The normalized spacial score (nSPS) is 18.5. The van der Waals surface area contributed by atoms with Crippen LogP contribution in [0.4, 0.5) is 11.6 Å². The molecule has 0 bridgehead atoms. The standard InChI is InChI=1S/C29H40N6O.H3N/c1-34(2)26-11-6-12-27(36-3)24(26)20-35-18-14-21(15-19-35)28-23-9-4-5-10-25(23)32-29(33-28)31-17-13-22-8-7-16-30-22;/h4-6,9-12,21-22,30H,7-8,13-20H2,1-3H3,(H,31,32,33);1H3. The van der Waals surface area contributed by atoms with E-state index in [1.807, 2.05) is 0 Å². The van der Waals surface area contributed by atoms with Crippen molar-refractivity contribution in [2.24, 2.45) is 0 Å². The van der Waals surface area contributed by atoms with Gasteiger partial charge in [-0.1, -0.05) is 24.3 Å². The first kappa shape index (κ1) is 27.1. The van der Waals surface area contributed by atoms with E-state index in [2.05, 4.69) is 77.0 Å². The SMILES string of the molecule is COc1cccc(N(C)C)c1CN1CCC(c2nc(NCCC3CCCN3)nc3ccccc23)CC1.N. The van der Waals surface area contributed by atoms with E-state index in [0.29, 0.717) is 12.0 Å². The van der Waals surface area contributed by atoms with E-state index in [9.17, 15) is 0 Å². The van der Waals surface area contributed by atoms with E-state index in [4.69, 9.17) is 14.7 Å². The van der Waals surface area contributed by atoms with Crippen LogP contribution in [0.5, 0.6) is 5.75 Å². The molecule has 5 N–H and O–H groups in total. The van der Waals surface area contributed by atoms with Gasteiger partial charge in [-0.05, 0) is 69.9 Å². The Labute approximate surface area is 221 Å². The van der Waals surface area contributed by atoms with Crippen LogP contribution in [0.3, 0.4) is 0 Å². The van der Waals surface area contributed by atoms with Crippen molar-refractivity contribution in [1.29, 1.82) is 0 Å². The summed E-state index contributed by atoms with van der Waals surface area (Å²) in [7, 11) is 5.96. The van der Waals surface area contributed by atoms with Crippen molar-refractivity contribution in [3.8, 4) is 5.75 Å². The second-order valence-corrected chi connectivity index (χ2v) is 10.4. The molecule has 8 nitrogen and oxygen atoms in total. The predicted octanol–water partition coefficient (Wildman–Crippen LogP) is 4.80. The number of piperidine rings is 1. The smallest absolute Gasteiger partial charge is 0.223 e. The molecular weight excluding hydrogens is 462 g/mol. The molecule has 1 unspecified atom stereocenters. The van der Waals surface area contributed by atoms with Crippen molar-refractivity contribution >= 4 is 22.5 Å². The van der Waals surface area contributed by atoms with E-state index in [1.54, 1.807) is 7.11 Å². The third-order valence-electron chi connectivity index (χ3n) is 7.74. The summed E-state index contributed by atoms with van der Waals surface area (Å²) in [5.74, 6) is 2.18. The van der Waals surface area contributed by atoms with E-state index < -0.39 is 0 Å². The average Bonchev–Trinajstić information content (AvgIpc) is 3.42. The first-order chi connectivity index (χ1) is 17.6. The monoisotopic (exact) mass is 505 g/mol. The number of rotatable bonds is 9. The lowest BCUT2D eigenvalue weighted by Gasteiger charge is -2.33. The van der Waals surface area contributed by atoms with Crippen LogP contribution in [0.25, 0.3) is 10.9 Å². The fourth-order valence-corrected chi connectivity index (χ4v) is 5.76. The van der Waals surface area contributed by atoms with Crippen LogP contribution in [0.2, 0.25) is 0 Å².